The van der Waals surface area contributed by atoms with Crippen LogP contribution < -0.4 is 10.1 Å². The third-order valence-corrected chi connectivity index (χ3v) is 4.51. The van der Waals surface area contributed by atoms with Gasteiger partial charge in [-0.15, -0.1) is 0 Å². The van der Waals surface area contributed by atoms with Crippen molar-refractivity contribution in [3.05, 3.63) is 51.5 Å². The minimum atomic E-state index is 0.177. The number of anilines is 1. The van der Waals surface area contributed by atoms with Crippen LogP contribution in [-0.4, -0.2) is 11.7 Å². The molecular weight excluding hydrogens is 330 g/mol. The summed E-state index contributed by atoms with van der Waals surface area (Å²) in [6.45, 7) is 7.28. The van der Waals surface area contributed by atoms with Gasteiger partial charge in [-0.2, -0.15) is 0 Å². The SMILES string of the molecule is CCOc1cc(CNc2cc(C)c(Br)c(C)c2)ccc1O. The molecule has 0 atom stereocenters. The van der Waals surface area contributed by atoms with E-state index in [9.17, 15) is 5.11 Å². The van der Waals surface area contributed by atoms with Gasteiger partial charge in [0.05, 0.1) is 6.61 Å². The van der Waals surface area contributed by atoms with Gasteiger partial charge in [0.15, 0.2) is 11.5 Å². The number of halogens is 1. The first-order chi connectivity index (χ1) is 10.0. The van der Waals surface area contributed by atoms with Gasteiger partial charge in [0, 0.05) is 16.7 Å². The van der Waals surface area contributed by atoms with E-state index in [0.29, 0.717) is 18.9 Å². The largest absolute Gasteiger partial charge is 0.504 e. The maximum absolute atomic E-state index is 9.70. The molecule has 112 valence electrons. The Morgan fingerprint density at radius 2 is 1.81 bits per heavy atom. The zero-order valence-electron chi connectivity index (χ0n) is 12.5. The van der Waals surface area contributed by atoms with Crippen LogP contribution in [0.5, 0.6) is 11.5 Å². The van der Waals surface area contributed by atoms with E-state index in [4.69, 9.17) is 4.74 Å². The molecule has 0 amide bonds. The van der Waals surface area contributed by atoms with Crippen molar-refractivity contribution in [2.45, 2.75) is 27.3 Å². The first-order valence-corrected chi connectivity index (χ1v) is 7.76. The number of phenolic OH excluding ortho intramolecular Hbond substituents is 1. The first-order valence-electron chi connectivity index (χ1n) is 6.96. The number of ether oxygens (including phenoxy) is 1. The van der Waals surface area contributed by atoms with Gasteiger partial charge in [0.2, 0.25) is 0 Å². The molecule has 0 bridgehead atoms. The Morgan fingerprint density at radius 1 is 1.14 bits per heavy atom. The van der Waals surface area contributed by atoms with Crippen LogP contribution in [-0.2, 0) is 6.54 Å². The van der Waals surface area contributed by atoms with Crippen LogP contribution >= 0.6 is 15.9 Å². The highest BCUT2D eigenvalue weighted by molar-refractivity contribution is 9.10. The van der Waals surface area contributed by atoms with Crippen LogP contribution in [0.4, 0.5) is 5.69 Å². The Kier molecular flexibility index (Phi) is 5.12. The van der Waals surface area contributed by atoms with Crippen LogP contribution in [0.1, 0.15) is 23.6 Å². The Morgan fingerprint density at radius 3 is 2.43 bits per heavy atom. The zero-order chi connectivity index (χ0) is 15.4. The fourth-order valence-electron chi connectivity index (χ4n) is 2.19. The van der Waals surface area contributed by atoms with E-state index in [2.05, 4.69) is 47.2 Å². The van der Waals surface area contributed by atoms with Gasteiger partial charge in [-0.3, -0.25) is 0 Å². The van der Waals surface area contributed by atoms with Crippen molar-refractivity contribution in [2.75, 3.05) is 11.9 Å². The predicted molar refractivity (Wildman–Crippen MR) is 90.2 cm³/mol. The molecule has 0 radical (unpaired) electrons. The van der Waals surface area contributed by atoms with Crippen LogP contribution in [0.25, 0.3) is 0 Å². The van der Waals surface area contributed by atoms with E-state index >= 15 is 0 Å². The fourth-order valence-corrected chi connectivity index (χ4v) is 2.42. The minimum Gasteiger partial charge on any atom is -0.504 e. The summed E-state index contributed by atoms with van der Waals surface area (Å²) in [5.41, 5.74) is 4.56. The third-order valence-electron chi connectivity index (χ3n) is 3.26. The maximum Gasteiger partial charge on any atom is 0.161 e. The summed E-state index contributed by atoms with van der Waals surface area (Å²) in [6.07, 6.45) is 0. The van der Waals surface area contributed by atoms with Gasteiger partial charge in [-0.25, -0.2) is 0 Å². The molecule has 0 saturated heterocycles. The number of aryl methyl sites for hydroxylation is 2. The Labute approximate surface area is 134 Å². The smallest absolute Gasteiger partial charge is 0.161 e. The van der Waals surface area contributed by atoms with Crippen molar-refractivity contribution in [3.63, 3.8) is 0 Å². The summed E-state index contributed by atoms with van der Waals surface area (Å²) in [7, 11) is 0. The molecule has 0 aliphatic rings. The van der Waals surface area contributed by atoms with E-state index in [1.807, 2.05) is 19.1 Å². The van der Waals surface area contributed by atoms with Gasteiger partial charge in [0.1, 0.15) is 0 Å². The summed E-state index contributed by atoms with van der Waals surface area (Å²) in [5, 5.41) is 13.1. The molecule has 0 aliphatic carbocycles. The van der Waals surface area contributed by atoms with Gasteiger partial charge in [0.25, 0.3) is 0 Å². The number of hydrogen-bond acceptors (Lipinski definition) is 3. The molecule has 0 aromatic heterocycles. The zero-order valence-corrected chi connectivity index (χ0v) is 14.1. The maximum atomic E-state index is 9.70. The molecule has 4 heteroatoms. The Balaban J connectivity index is 2.11. The van der Waals surface area contributed by atoms with Crippen LogP contribution in [0.2, 0.25) is 0 Å². The van der Waals surface area contributed by atoms with E-state index < -0.39 is 0 Å². The standard InChI is InChI=1S/C17H20BrNO2/c1-4-21-16-9-13(5-6-15(16)20)10-19-14-7-11(2)17(18)12(3)8-14/h5-9,19-20H,4,10H2,1-3H3. The quantitative estimate of drug-likeness (QED) is 0.815. The van der Waals surface area contributed by atoms with E-state index in [1.165, 1.54) is 11.1 Å². The van der Waals surface area contributed by atoms with Crippen molar-refractivity contribution in [1.29, 1.82) is 0 Å². The van der Waals surface area contributed by atoms with Crippen molar-refractivity contribution in [3.8, 4) is 11.5 Å². The number of aromatic hydroxyl groups is 1. The fraction of sp³-hybridized carbons (Fsp3) is 0.294. The van der Waals surface area contributed by atoms with Crippen molar-refractivity contribution >= 4 is 21.6 Å². The van der Waals surface area contributed by atoms with E-state index in [-0.39, 0.29) is 5.75 Å². The summed E-state index contributed by atoms with van der Waals surface area (Å²) in [5.74, 6) is 0.705. The van der Waals surface area contributed by atoms with Crippen LogP contribution in [0, 0.1) is 13.8 Å². The molecule has 3 nitrogen and oxygen atoms in total. The predicted octanol–water partition coefficient (Wildman–Crippen LogP) is 4.78. The molecule has 0 spiro atoms. The molecular formula is C17H20BrNO2. The molecule has 0 heterocycles. The van der Waals surface area contributed by atoms with Crippen molar-refractivity contribution < 1.29 is 9.84 Å². The number of rotatable bonds is 5. The summed E-state index contributed by atoms with van der Waals surface area (Å²) >= 11 is 3.57. The highest BCUT2D eigenvalue weighted by Gasteiger charge is 2.05. The Bertz CT molecular complexity index is 618. The van der Waals surface area contributed by atoms with Gasteiger partial charge < -0.3 is 15.2 Å². The van der Waals surface area contributed by atoms with Gasteiger partial charge in [-0.05, 0) is 61.7 Å². The summed E-state index contributed by atoms with van der Waals surface area (Å²) in [6, 6.07) is 9.65. The average molecular weight is 350 g/mol. The van der Waals surface area contributed by atoms with Crippen molar-refractivity contribution in [1.82, 2.24) is 0 Å². The average Bonchev–Trinajstić information content (AvgIpc) is 2.45. The molecule has 0 aliphatic heterocycles. The molecule has 0 saturated carbocycles. The highest BCUT2D eigenvalue weighted by atomic mass is 79.9. The first kappa shape index (κ1) is 15.7. The van der Waals surface area contributed by atoms with Gasteiger partial charge >= 0.3 is 0 Å². The molecule has 21 heavy (non-hydrogen) atoms. The van der Waals surface area contributed by atoms with Crippen molar-refractivity contribution in [2.24, 2.45) is 0 Å². The second-order valence-electron chi connectivity index (χ2n) is 5.01. The highest BCUT2D eigenvalue weighted by Crippen LogP contribution is 2.28. The van der Waals surface area contributed by atoms with Crippen LogP contribution in [0.3, 0.4) is 0 Å². The molecule has 2 N–H and O–H groups in total. The Hall–Kier alpha value is -1.68. The second-order valence-corrected chi connectivity index (χ2v) is 5.81. The minimum absolute atomic E-state index is 0.177. The summed E-state index contributed by atoms with van der Waals surface area (Å²) < 4.78 is 6.55. The monoisotopic (exact) mass is 349 g/mol. The second kappa shape index (κ2) is 6.85. The molecule has 0 fully saturated rings. The van der Waals surface area contributed by atoms with E-state index in [0.717, 1.165) is 15.7 Å². The lowest BCUT2D eigenvalue weighted by atomic mass is 10.1. The van der Waals surface area contributed by atoms with Crippen LogP contribution in [0.15, 0.2) is 34.8 Å². The third kappa shape index (κ3) is 3.91. The summed E-state index contributed by atoms with van der Waals surface area (Å²) in [4.78, 5) is 0. The molecule has 2 rings (SSSR count). The number of phenols is 1. The number of hydrogen-bond donors (Lipinski definition) is 2. The lowest BCUT2D eigenvalue weighted by molar-refractivity contribution is 0.318. The normalized spacial score (nSPS) is 10.5. The molecule has 2 aromatic carbocycles. The van der Waals surface area contributed by atoms with E-state index in [1.54, 1.807) is 6.07 Å². The topological polar surface area (TPSA) is 41.5 Å². The lowest BCUT2D eigenvalue weighted by Gasteiger charge is -2.12. The molecule has 0 unspecified atom stereocenters. The van der Waals surface area contributed by atoms with Gasteiger partial charge in [-0.1, -0.05) is 22.0 Å². The lowest BCUT2D eigenvalue weighted by Crippen LogP contribution is -2.01. The number of benzene rings is 2. The number of nitrogens with one attached hydrogen (secondary N) is 1. The molecule has 2 aromatic rings.